The van der Waals surface area contributed by atoms with E-state index in [9.17, 15) is 13.2 Å². The predicted molar refractivity (Wildman–Crippen MR) is 63.5 cm³/mol. The van der Waals surface area contributed by atoms with E-state index in [-0.39, 0.29) is 17.9 Å². The maximum Gasteiger partial charge on any atom is 0.419 e. The molecule has 0 unspecified atom stereocenters. The Bertz CT molecular complexity index is 579. The van der Waals surface area contributed by atoms with Crippen LogP contribution >= 0.6 is 0 Å². The van der Waals surface area contributed by atoms with Crippen molar-refractivity contribution < 1.29 is 17.9 Å². The molecule has 2 nitrogen and oxygen atoms in total. The average Bonchev–Trinajstić information content (AvgIpc) is 2.88. The summed E-state index contributed by atoms with van der Waals surface area (Å²) in [4.78, 5) is 0. The summed E-state index contributed by atoms with van der Waals surface area (Å²) in [5.74, 6) is -0.306. The van der Waals surface area contributed by atoms with E-state index in [2.05, 4.69) is 0 Å². The zero-order valence-electron chi connectivity index (χ0n) is 9.87. The van der Waals surface area contributed by atoms with E-state index >= 15 is 0 Å². The molecule has 1 aliphatic carbocycles. The van der Waals surface area contributed by atoms with Gasteiger partial charge in [0.05, 0.1) is 17.2 Å². The van der Waals surface area contributed by atoms with Crippen molar-refractivity contribution in [1.82, 2.24) is 0 Å². The van der Waals surface area contributed by atoms with Gasteiger partial charge in [-0.1, -0.05) is 18.2 Å². The number of benzene rings is 1. The fourth-order valence-electron chi connectivity index (χ4n) is 1.71. The Labute approximate surface area is 108 Å². The molecule has 0 heterocycles. The molecule has 2 rings (SSSR count). The molecular formula is C14H10F3NO. The van der Waals surface area contributed by atoms with Gasteiger partial charge in [-0.2, -0.15) is 18.4 Å². The first-order valence-electron chi connectivity index (χ1n) is 5.59. The summed E-state index contributed by atoms with van der Waals surface area (Å²) < 4.78 is 43.6. The van der Waals surface area contributed by atoms with E-state index in [1.54, 1.807) is 12.1 Å². The molecule has 1 aliphatic rings. The third-order valence-electron chi connectivity index (χ3n) is 2.68. The maximum atomic E-state index is 12.8. The lowest BCUT2D eigenvalue weighted by molar-refractivity contribution is -0.138. The van der Waals surface area contributed by atoms with Gasteiger partial charge in [-0.3, -0.25) is 0 Å². The molecule has 0 fully saturated rings. The van der Waals surface area contributed by atoms with Crippen molar-refractivity contribution in [3.8, 4) is 11.8 Å². The van der Waals surface area contributed by atoms with Gasteiger partial charge < -0.3 is 4.74 Å². The van der Waals surface area contributed by atoms with Gasteiger partial charge in [0.25, 0.3) is 0 Å². The number of alkyl halides is 3. The van der Waals surface area contributed by atoms with Crippen LogP contribution in [-0.4, -0.2) is 6.61 Å². The standard InChI is InChI=1S/C14H10F3NO/c15-14(16,17)12-6-5-11(8-18)7-13(12)19-9-10-3-1-2-4-10/h1-3,5-7H,4,9H2. The highest BCUT2D eigenvalue weighted by atomic mass is 19.4. The van der Waals surface area contributed by atoms with Crippen molar-refractivity contribution in [2.75, 3.05) is 6.61 Å². The van der Waals surface area contributed by atoms with Crippen LogP contribution in [0, 0.1) is 11.3 Å². The minimum Gasteiger partial charge on any atom is -0.489 e. The number of hydrogen-bond acceptors (Lipinski definition) is 2. The van der Waals surface area contributed by atoms with Gasteiger partial charge in [0.2, 0.25) is 0 Å². The first-order chi connectivity index (χ1) is 9.00. The van der Waals surface area contributed by atoms with Crippen LogP contribution < -0.4 is 4.74 Å². The third-order valence-corrected chi connectivity index (χ3v) is 2.68. The summed E-state index contributed by atoms with van der Waals surface area (Å²) in [5, 5.41) is 8.73. The lowest BCUT2D eigenvalue weighted by Crippen LogP contribution is -2.10. The molecule has 0 aromatic heterocycles. The molecule has 0 saturated heterocycles. The van der Waals surface area contributed by atoms with Gasteiger partial charge in [0, 0.05) is 0 Å². The van der Waals surface area contributed by atoms with Crippen molar-refractivity contribution in [1.29, 1.82) is 5.26 Å². The zero-order valence-corrected chi connectivity index (χ0v) is 9.87. The topological polar surface area (TPSA) is 33.0 Å². The molecule has 0 bridgehead atoms. The SMILES string of the molecule is N#Cc1ccc(C(F)(F)F)c(OCC2=CC=CC2)c1. The quantitative estimate of drug-likeness (QED) is 0.831. The van der Waals surface area contributed by atoms with Crippen LogP contribution in [0.15, 0.2) is 42.0 Å². The fourth-order valence-corrected chi connectivity index (χ4v) is 1.71. The summed E-state index contributed by atoms with van der Waals surface area (Å²) >= 11 is 0. The Hall–Kier alpha value is -2.22. The lowest BCUT2D eigenvalue weighted by atomic mass is 10.1. The van der Waals surface area contributed by atoms with Gasteiger partial charge in [-0.25, -0.2) is 0 Å². The Morgan fingerprint density at radius 1 is 1.32 bits per heavy atom. The second-order valence-corrected chi connectivity index (χ2v) is 4.07. The van der Waals surface area contributed by atoms with E-state index in [1.165, 1.54) is 0 Å². The van der Waals surface area contributed by atoms with Gasteiger partial charge in [-0.15, -0.1) is 0 Å². The lowest BCUT2D eigenvalue weighted by Gasteiger charge is -2.14. The van der Waals surface area contributed by atoms with E-state index in [4.69, 9.17) is 10.00 Å². The summed E-state index contributed by atoms with van der Waals surface area (Å²) in [7, 11) is 0. The molecule has 0 N–H and O–H groups in total. The Balaban J connectivity index is 2.23. The molecule has 0 saturated carbocycles. The van der Waals surface area contributed by atoms with Crippen LogP contribution in [-0.2, 0) is 6.18 Å². The zero-order chi connectivity index (χ0) is 13.9. The summed E-state index contributed by atoms with van der Waals surface area (Å²) in [6, 6.07) is 4.92. The summed E-state index contributed by atoms with van der Waals surface area (Å²) in [6.45, 7) is 0.0883. The molecule has 1 aromatic rings. The van der Waals surface area contributed by atoms with E-state index in [0.717, 1.165) is 23.8 Å². The van der Waals surface area contributed by atoms with Crippen LogP contribution in [0.25, 0.3) is 0 Å². The number of halogens is 3. The van der Waals surface area contributed by atoms with Crippen molar-refractivity contribution in [3.63, 3.8) is 0 Å². The van der Waals surface area contributed by atoms with Crippen LogP contribution in [0.4, 0.5) is 13.2 Å². The molecule has 0 radical (unpaired) electrons. The van der Waals surface area contributed by atoms with Gasteiger partial charge in [0.1, 0.15) is 12.4 Å². The Morgan fingerprint density at radius 3 is 2.68 bits per heavy atom. The molecule has 0 atom stereocenters. The number of ether oxygens (including phenoxy) is 1. The van der Waals surface area contributed by atoms with Crippen molar-refractivity contribution >= 4 is 0 Å². The fraction of sp³-hybridized carbons (Fsp3) is 0.214. The van der Waals surface area contributed by atoms with Crippen molar-refractivity contribution in [2.24, 2.45) is 0 Å². The second-order valence-electron chi connectivity index (χ2n) is 4.07. The Kier molecular flexibility index (Phi) is 3.61. The minimum atomic E-state index is -4.49. The molecule has 0 spiro atoms. The monoisotopic (exact) mass is 265 g/mol. The average molecular weight is 265 g/mol. The smallest absolute Gasteiger partial charge is 0.419 e. The largest absolute Gasteiger partial charge is 0.489 e. The summed E-state index contributed by atoms with van der Waals surface area (Å²) in [6.07, 6.45) is 1.72. The third kappa shape index (κ3) is 3.16. The molecule has 19 heavy (non-hydrogen) atoms. The first-order valence-corrected chi connectivity index (χ1v) is 5.59. The number of nitrogens with zero attached hydrogens (tertiary/aromatic N) is 1. The summed E-state index contributed by atoms with van der Waals surface area (Å²) in [5.41, 5.74) is 0.176. The predicted octanol–water partition coefficient (Wildman–Crippen LogP) is 3.84. The number of hydrogen-bond donors (Lipinski definition) is 0. The van der Waals surface area contributed by atoms with Gasteiger partial charge >= 0.3 is 6.18 Å². The molecular weight excluding hydrogens is 255 g/mol. The van der Waals surface area contributed by atoms with Crippen LogP contribution in [0.3, 0.4) is 0 Å². The van der Waals surface area contributed by atoms with Gasteiger partial charge in [0.15, 0.2) is 0 Å². The normalized spacial score (nSPS) is 14.1. The number of rotatable bonds is 3. The first kappa shape index (κ1) is 13.2. The highest BCUT2D eigenvalue weighted by Gasteiger charge is 2.34. The second kappa shape index (κ2) is 5.19. The number of allylic oxidation sites excluding steroid dienone is 3. The molecule has 5 heteroatoms. The Morgan fingerprint density at radius 2 is 2.11 bits per heavy atom. The van der Waals surface area contributed by atoms with Crippen LogP contribution in [0.2, 0.25) is 0 Å². The number of nitriles is 1. The van der Waals surface area contributed by atoms with Gasteiger partial charge in [-0.05, 0) is 30.2 Å². The van der Waals surface area contributed by atoms with Crippen molar-refractivity contribution in [3.05, 3.63) is 53.1 Å². The molecule has 1 aromatic carbocycles. The molecule has 0 aliphatic heterocycles. The van der Waals surface area contributed by atoms with Crippen molar-refractivity contribution in [2.45, 2.75) is 12.6 Å². The van der Waals surface area contributed by atoms with Crippen LogP contribution in [0.5, 0.6) is 5.75 Å². The highest BCUT2D eigenvalue weighted by Crippen LogP contribution is 2.37. The minimum absolute atomic E-state index is 0.0883. The van der Waals surface area contributed by atoms with E-state index in [1.807, 2.05) is 12.2 Å². The van der Waals surface area contributed by atoms with E-state index < -0.39 is 11.7 Å². The molecule has 0 amide bonds. The van der Waals surface area contributed by atoms with E-state index in [0.29, 0.717) is 6.42 Å². The van der Waals surface area contributed by atoms with Crippen LogP contribution in [0.1, 0.15) is 17.5 Å². The highest BCUT2D eigenvalue weighted by molar-refractivity contribution is 5.44. The molecule has 98 valence electrons. The maximum absolute atomic E-state index is 12.8.